The van der Waals surface area contributed by atoms with Gasteiger partial charge in [0, 0.05) is 19.3 Å². The van der Waals surface area contributed by atoms with Crippen molar-refractivity contribution < 1.29 is 19.4 Å². The molecule has 8 nitrogen and oxygen atoms in total. The number of ether oxygens (including phenoxy) is 1. The number of hydrogen-bond donors (Lipinski definition) is 2. The number of carbonyl (C=O) groups excluding carboxylic acids is 1. The molecule has 0 radical (unpaired) electrons. The highest BCUT2D eigenvalue weighted by atomic mass is 35.5. The van der Waals surface area contributed by atoms with Crippen molar-refractivity contribution in [3.63, 3.8) is 0 Å². The molecule has 0 bridgehead atoms. The molecule has 26 heavy (non-hydrogen) atoms. The Morgan fingerprint density at radius 2 is 2.15 bits per heavy atom. The molecule has 0 aromatic carbocycles. The van der Waals surface area contributed by atoms with Gasteiger partial charge in [-0.05, 0) is 34.1 Å². The summed E-state index contributed by atoms with van der Waals surface area (Å²) in [7, 11) is 0. The average molecular weight is 381 g/mol. The van der Waals surface area contributed by atoms with Crippen molar-refractivity contribution in [3.8, 4) is 6.07 Å². The lowest BCUT2D eigenvalue weighted by Crippen LogP contribution is -2.49. The quantitative estimate of drug-likeness (QED) is 0.828. The first-order chi connectivity index (χ1) is 12.0. The predicted molar refractivity (Wildman–Crippen MR) is 95.5 cm³/mol. The lowest BCUT2D eigenvalue weighted by Gasteiger charge is -2.29. The summed E-state index contributed by atoms with van der Waals surface area (Å²) in [5.74, 6) is -1.19. The Morgan fingerprint density at radius 3 is 2.69 bits per heavy atom. The molecule has 1 amide bonds. The summed E-state index contributed by atoms with van der Waals surface area (Å²) in [6.45, 7) is 7.94. The number of carbonyl (C=O) groups is 2. The van der Waals surface area contributed by atoms with E-state index in [2.05, 4.69) is 10.3 Å². The van der Waals surface area contributed by atoms with Crippen molar-refractivity contribution in [2.24, 2.45) is 0 Å². The van der Waals surface area contributed by atoms with Gasteiger partial charge in [-0.15, -0.1) is 0 Å². The van der Waals surface area contributed by atoms with Crippen LogP contribution in [0.2, 0.25) is 5.02 Å². The van der Waals surface area contributed by atoms with E-state index >= 15 is 0 Å². The van der Waals surface area contributed by atoms with Gasteiger partial charge in [0.2, 0.25) is 0 Å². The van der Waals surface area contributed by atoms with Gasteiger partial charge in [-0.25, -0.2) is 14.6 Å². The zero-order valence-corrected chi connectivity index (χ0v) is 15.8. The first-order valence-corrected chi connectivity index (χ1v) is 8.41. The molecule has 9 heteroatoms. The molecule has 1 aliphatic heterocycles. The van der Waals surface area contributed by atoms with Crippen molar-refractivity contribution in [1.29, 1.82) is 5.26 Å². The van der Waals surface area contributed by atoms with Gasteiger partial charge in [0.1, 0.15) is 22.3 Å². The van der Waals surface area contributed by atoms with Crippen molar-refractivity contribution >= 4 is 29.4 Å². The minimum atomic E-state index is -1.19. The first kappa shape index (κ1) is 19.8. The number of nitrogens with one attached hydrogen (secondary N) is 1. The molecule has 140 valence electrons. The van der Waals surface area contributed by atoms with Crippen LogP contribution in [0.1, 0.15) is 50.2 Å². The monoisotopic (exact) mass is 380 g/mol. The van der Waals surface area contributed by atoms with Crippen LogP contribution in [0.25, 0.3) is 0 Å². The fourth-order valence-corrected chi connectivity index (χ4v) is 3.14. The van der Waals surface area contributed by atoms with E-state index in [0.29, 0.717) is 19.5 Å². The minimum Gasteiger partial charge on any atom is -0.478 e. The van der Waals surface area contributed by atoms with Crippen LogP contribution < -0.4 is 10.2 Å². The molecule has 2 N–H and O–H groups in total. The van der Waals surface area contributed by atoms with Gasteiger partial charge < -0.3 is 20.1 Å². The first-order valence-electron chi connectivity index (χ1n) is 8.04. The number of amides is 1. The highest BCUT2D eigenvalue weighted by molar-refractivity contribution is 6.35. The van der Waals surface area contributed by atoms with Gasteiger partial charge >= 0.3 is 12.1 Å². The van der Waals surface area contributed by atoms with Crippen LogP contribution in [0.15, 0.2) is 6.20 Å². The molecule has 1 unspecified atom stereocenters. The van der Waals surface area contributed by atoms with Crippen molar-refractivity contribution in [2.45, 2.75) is 45.3 Å². The second kappa shape index (κ2) is 7.00. The molecule has 1 aliphatic rings. The molecule has 1 aromatic heterocycles. The van der Waals surface area contributed by atoms with Crippen LogP contribution in [0.5, 0.6) is 0 Å². The van der Waals surface area contributed by atoms with E-state index in [1.165, 1.54) is 0 Å². The van der Waals surface area contributed by atoms with Crippen LogP contribution in [-0.2, 0) is 4.74 Å². The molecular formula is C17H21ClN4O4. The summed E-state index contributed by atoms with van der Waals surface area (Å²) in [6.07, 6.45) is 1.14. The second-order valence-corrected chi connectivity index (χ2v) is 7.84. The Kier molecular flexibility index (Phi) is 5.33. The summed E-state index contributed by atoms with van der Waals surface area (Å²) < 4.78 is 5.29. The Morgan fingerprint density at radius 1 is 1.50 bits per heavy atom. The third-order valence-electron chi connectivity index (χ3n) is 3.92. The molecule has 2 rings (SSSR count). The maximum Gasteiger partial charge on any atom is 0.408 e. The standard InChI is InChI=1S/C17H21ClN4O4/c1-16(2,3)26-15(25)21-17(4)5-6-22(9-17)13-10(14(23)24)8-20-11(7-19)12(13)18/h8H,5-6,9H2,1-4H3,(H,21,25)(H,23,24). The molecule has 0 spiro atoms. The van der Waals surface area contributed by atoms with Crippen LogP contribution >= 0.6 is 11.6 Å². The largest absolute Gasteiger partial charge is 0.478 e. The zero-order chi connectivity index (χ0) is 19.7. The van der Waals surface area contributed by atoms with E-state index in [1.54, 1.807) is 25.7 Å². The summed E-state index contributed by atoms with van der Waals surface area (Å²) in [4.78, 5) is 29.1. The number of hydrogen-bond acceptors (Lipinski definition) is 6. The fraction of sp³-hybridized carbons (Fsp3) is 0.529. The smallest absolute Gasteiger partial charge is 0.408 e. The molecule has 2 heterocycles. The van der Waals surface area contributed by atoms with Gasteiger partial charge in [-0.2, -0.15) is 5.26 Å². The Balaban J connectivity index is 2.27. The van der Waals surface area contributed by atoms with Gasteiger partial charge in [0.25, 0.3) is 0 Å². The number of alkyl carbamates (subject to hydrolysis) is 1. The lowest BCUT2D eigenvalue weighted by molar-refractivity contribution is 0.0472. The fourth-order valence-electron chi connectivity index (χ4n) is 2.82. The van der Waals surface area contributed by atoms with E-state index in [0.717, 1.165) is 6.20 Å². The van der Waals surface area contributed by atoms with Gasteiger partial charge in [0.15, 0.2) is 5.69 Å². The topological polar surface area (TPSA) is 116 Å². The zero-order valence-electron chi connectivity index (χ0n) is 15.1. The number of carboxylic acid groups (broad SMARTS) is 1. The summed E-state index contributed by atoms with van der Waals surface area (Å²) in [5, 5.41) is 21.4. The van der Waals surface area contributed by atoms with Crippen LogP contribution in [-0.4, -0.2) is 46.4 Å². The summed E-state index contributed by atoms with van der Waals surface area (Å²) in [6, 6.07) is 1.85. The minimum absolute atomic E-state index is 0.00563. The maximum absolute atomic E-state index is 12.1. The Bertz CT molecular complexity index is 784. The number of anilines is 1. The Hall–Kier alpha value is -2.53. The lowest BCUT2D eigenvalue weighted by atomic mass is 10.0. The number of aromatic nitrogens is 1. The van der Waals surface area contributed by atoms with E-state index in [4.69, 9.17) is 21.6 Å². The van der Waals surface area contributed by atoms with Gasteiger partial charge in [0.05, 0.1) is 11.2 Å². The number of nitriles is 1. The highest BCUT2D eigenvalue weighted by Gasteiger charge is 2.38. The molecule has 1 saturated heterocycles. The van der Waals surface area contributed by atoms with E-state index in [-0.39, 0.29) is 22.0 Å². The normalized spacial score (nSPS) is 19.8. The van der Waals surface area contributed by atoms with Crippen LogP contribution in [0, 0.1) is 11.3 Å². The van der Waals surface area contributed by atoms with Crippen molar-refractivity contribution in [2.75, 3.05) is 18.0 Å². The number of aromatic carboxylic acids is 1. The van der Waals surface area contributed by atoms with E-state index < -0.39 is 23.2 Å². The molecule has 1 aromatic rings. The van der Waals surface area contributed by atoms with E-state index in [9.17, 15) is 14.7 Å². The van der Waals surface area contributed by atoms with E-state index in [1.807, 2.05) is 13.0 Å². The number of nitrogens with zero attached hydrogens (tertiary/aromatic N) is 3. The number of pyridine rings is 1. The third-order valence-corrected chi connectivity index (χ3v) is 4.28. The third kappa shape index (κ3) is 4.35. The van der Waals surface area contributed by atoms with Crippen molar-refractivity contribution in [3.05, 3.63) is 22.5 Å². The molecule has 1 fully saturated rings. The molecular weight excluding hydrogens is 360 g/mol. The predicted octanol–water partition coefficient (Wildman–Crippen LogP) is 2.80. The van der Waals surface area contributed by atoms with Crippen LogP contribution in [0.4, 0.5) is 10.5 Å². The maximum atomic E-state index is 12.1. The molecule has 1 atom stereocenters. The SMILES string of the molecule is CC1(NC(=O)OC(C)(C)C)CCN(c2c(C(=O)O)cnc(C#N)c2Cl)C1. The number of halogens is 1. The highest BCUT2D eigenvalue weighted by Crippen LogP contribution is 2.36. The molecule has 0 saturated carbocycles. The van der Waals surface area contributed by atoms with Crippen LogP contribution in [0.3, 0.4) is 0 Å². The number of rotatable bonds is 3. The molecule has 0 aliphatic carbocycles. The summed E-state index contributed by atoms with van der Waals surface area (Å²) in [5.41, 5.74) is -1.14. The summed E-state index contributed by atoms with van der Waals surface area (Å²) >= 11 is 6.22. The number of carboxylic acids is 1. The Labute approximate surface area is 156 Å². The van der Waals surface area contributed by atoms with Gasteiger partial charge in [-0.3, -0.25) is 0 Å². The second-order valence-electron chi connectivity index (χ2n) is 7.46. The average Bonchev–Trinajstić information content (AvgIpc) is 2.85. The van der Waals surface area contributed by atoms with Crippen molar-refractivity contribution in [1.82, 2.24) is 10.3 Å². The van der Waals surface area contributed by atoms with Gasteiger partial charge in [-0.1, -0.05) is 11.6 Å².